The minimum absolute atomic E-state index is 0.0305. The van der Waals surface area contributed by atoms with Gasteiger partial charge in [-0.3, -0.25) is 10.1 Å². The molecule has 19 heavy (non-hydrogen) atoms. The van der Waals surface area contributed by atoms with Crippen LogP contribution in [-0.2, 0) is 0 Å². The van der Waals surface area contributed by atoms with Crippen LogP contribution in [0, 0.1) is 11.8 Å². The highest BCUT2D eigenvalue weighted by molar-refractivity contribution is 7.13. The van der Waals surface area contributed by atoms with Crippen molar-refractivity contribution in [3.8, 4) is 11.8 Å². The van der Waals surface area contributed by atoms with Crippen molar-refractivity contribution in [2.45, 2.75) is 6.42 Å². The van der Waals surface area contributed by atoms with Crippen LogP contribution < -0.4 is 5.32 Å². The summed E-state index contributed by atoms with van der Waals surface area (Å²) in [7, 11) is 0. The van der Waals surface area contributed by atoms with E-state index >= 15 is 0 Å². The van der Waals surface area contributed by atoms with Crippen molar-refractivity contribution in [1.82, 2.24) is 15.2 Å². The van der Waals surface area contributed by atoms with Gasteiger partial charge in [-0.25, -0.2) is 4.98 Å². The van der Waals surface area contributed by atoms with E-state index in [1.807, 2.05) is 0 Å². The Bertz CT molecular complexity index is 599. The number of hydrogen-bond acceptors (Lipinski definition) is 6. The van der Waals surface area contributed by atoms with E-state index in [-0.39, 0.29) is 18.2 Å². The average molecular weight is 274 g/mol. The average Bonchev–Trinajstić information content (AvgIpc) is 2.93. The maximum Gasteiger partial charge on any atom is 0.276 e. The lowest BCUT2D eigenvalue weighted by Crippen LogP contribution is -2.13. The molecule has 0 aromatic carbocycles. The molecule has 0 aliphatic rings. The summed E-state index contributed by atoms with van der Waals surface area (Å²) in [5.41, 5.74) is 2.51. The normalized spacial score (nSPS) is 9.53. The molecule has 0 aliphatic heterocycles. The lowest BCUT2D eigenvalue weighted by Gasteiger charge is -1.99. The second kappa shape index (κ2) is 6.58. The zero-order valence-electron chi connectivity index (χ0n) is 9.83. The van der Waals surface area contributed by atoms with E-state index in [4.69, 9.17) is 5.11 Å². The first-order chi connectivity index (χ1) is 9.29. The first kappa shape index (κ1) is 13.1. The van der Waals surface area contributed by atoms with Crippen LogP contribution in [0.3, 0.4) is 0 Å². The number of hydrogen-bond donors (Lipinski definition) is 2. The number of aromatic nitrogens is 3. The molecular weight excluding hydrogens is 264 g/mol. The molecule has 0 bridgehead atoms. The molecule has 6 nitrogen and oxygen atoms in total. The molecule has 2 aromatic rings. The molecule has 0 fully saturated rings. The second-order valence-corrected chi connectivity index (χ2v) is 4.24. The van der Waals surface area contributed by atoms with Gasteiger partial charge < -0.3 is 5.11 Å². The van der Waals surface area contributed by atoms with E-state index in [2.05, 4.69) is 32.3 Å². The van der Waals surface area contributed by atoms with Crippen molar-refractivity contribution in [2.24, 2.45) is 0 Å². The first-order valence-electron chi connectivity index (χ1n) is 5.43. The zero-order chi connectivity index (χ0) is 13.5. The summed E-state index contributed by atoms with van der Waals surface area (Å²) < 4.78 is 0. The highest BCUT2D eigenvalue weighted by Crippen LogP contribution is 2.09. The summed E-state index contributed by atoms with van der Waals surface area (Å²) in [6.07, 6.45) is 1.93. The topological polar surface area (TPSA) is 88.0 Å². The monoisotopic (exact) mass is 274 g/mol. The van der Waals surface area contributed by atoms with Gasteiger partial charge in [-0.15, -0.1) is 10.2 Å². The van der Waals surface area contributed by atoms with Crippen LogP contribution in [0.1, 0.15) is 22.5 Å². The lowest BCUT2D eigenvalue weighted by atomic mass is 10.2. The van der Waals surface area contributed by atoms with Gasteiger partial charge >= 0.3 is 0 Å². The molecule has 1 amide bonds. The number of pyridine rings is 1. The molecule has 0 radical (unpaired) electrons. The number of amides is 1. The van der Waals surface area contributed by atoms with Crippen molar-refractivity contribution in [1.29, 1.82) is 0 Å². The molecule has 0 saturated heterocycles. The van der Waals surface area contributed by atoms with Gasteiger partial charge in [-0.2, -0.15) is 0 Å². The van der Waals surface area contributed by atoms with Crippen LogP contribution in [0.2, 0.25) is 0 Å². The third-order valence-corrected chi connectivity index (χ3v) is 2.65. The van der Waals surface area contributed by atoms with Gasteiger partial charge in [-0.05, 0) is 12.1 Å². The maximum absolute atomic E-state index is 11.8. The molecule has 2 heterocycles. The van der Waals surface area contributed by atoms with Crippen LogP contribution in [0.25, 0.3) is 0 Å². The van der Waals surface area contributed by atoms with Crippen molar-refractivity contribution in [3.05, 3.63) is 35.1 Å². The van der Waals surface area contributed by atoms with E-state index < -0.39 is 0 Å². The Kier molecular flexibility index (Phi) is 4.55. The fourth-order valence-electron chi connectivity index (χ4n) is 1.21. The van der Waals surface area contributed by atoms with Gasteiger partial charge in [0, 0.05) is 18.2 Å². The largest absolute Gasteiger partial charge is 0.395 e. The molecule has 0 saturated carbocycles. The minimum atomic E-state index is -0.341. The number of rotatable bonds is 3. The van der Waals surface area contributed by atoms with Crippen molar-refractivity contribution >= 4 is 22.4 Å². The number of aliphatic hydroxyl groups is 1. The predicted octanol–water partition coefficient (Wildman–Crippen LogP) is 0.919. The van der Waals surface area contributed by atoms with Gasteiger partial charge in [0.05, 0.1) is 6.61 Å². The van der Waals surface area contributed by atoms with Crippen LogP contribution in [-0.4, -0.2) is 32.8 Å². The summed E-state index contributed by atoms with van der Waals surface area (Å²) >= 11 is 1.23. The molecule has 7 heteroatoms. The van der Waals surface area contributed by atoms with Crippen LogP contribution in [0.15, 0.2) is 23.8 Å². The minimum Gasteiger partial charge on any atom is -0.395 e. The van der Waals surface area contributed by atoms with E-state index in [1.54, 1.807) is 12.1 Å². The highest BCUT2D eigenvalue weighted by Gasteiger charge is 2.08. The Morgan fingerprint density at radius 3 is 3.00 bits per heavy atom. The molecule has 2 aromatic heterocycles. The predicted molar refractivity (Wildman–Crippen MR) is 70.7 cm³/mol. The van der Waals surface area contributed by atoms with Crippen LogP contribution in [0.5, 0.6) is 0 Å². The lowest BCUT2D eigenvalue weighted by molar-refractivity contribution is 0.102. The fraction of sp³-hybridized carbons (Fsp3) is 0.167. The molecule has 0 spiro atoms. The standard InChI is InChI=1S/C12H10N4O2S/c17-6-2-1-3-9-4-5-10(13-7-9)11(18)15-12-16-14-8-19-12/h4-5,7-8,17H,2,6H2,(H,15,16,18). The summed E-state index contributed by atoms with van der Waals surface area (Å²) in [6.45, 7) is 0.0305. The van der Waals surface area contributed by atoms with Gasteiger partial charge in [-0.1, -0.05) is 23.2 Å². The van der Waals surface area contributed by atoms with E-state index in [0.717, 1.165) is 0 Å². The Labute approximate surface area is 113 Å². The Hall–Kier alpha value is -2.30. The number of aliphatic hydroxyl groups excluding tert-OH is 1. The van der Waals surface area contributed by atoms with Crippen LogP contribution in [0.4, 0.5) is 5.13 Å². The molecule has 0 aliphatic carbocycles. The van der Waals surface area contributed by atoms with Crippen molar-refractivity contribution < 1.29 is 9.90 Å². The van der Waals surface area contributed by atoms with Crippen LogP contribution >= 0.6 is 11.3 Å². The van der Waals surface area contributed by atoms with Gasteiger partial charge in [0.1, 0.15) is 11.2 Å². The zero-order valence-corrected chi connectivity index (χ0v) is 10.6. The summed E-state index contributed by atoms with van der Waals surface area (Å²) in [4.78, 5) is 15.8. The van der Waals surface area contributed by atoms with E-state index in [1.165, 1.54) is 23.0 Å². The molecule has 2 rings (SSSR count). The van der Waals surface area contributed by atoms with Gasteiger partial charge in [0.25, 0.3) is 5.91 Å². The Balaban J connectivity index is 2.02. The van der Waals surface area contributed by atoms with E-state index in [9.17, 15) is 4.79 Å². The number of anilines is 1. The summed E-state index contributed by atoms with van der Waals surface area (Å²) in [5, 5.41) is 18.9. The number of carbonyl (C=O) groups is 1. The summed E-state index contributed by atoms with van der Waals surface area (Å²) in [5.74, 6) is 5.27. The SMILES string of the molecule is O=C(Nc1nncs1)c1ccc(C#CCCO)cn1. The fourth-order valence-corrected chi connectivity index (χ4v) is 1.65. The molecule has 96 valence electrons. The van der Waals surface area contributed by atoms with Crippen molar-refractivity contribution in [3.63, 3.8) is 0 Å². The Morgan fingerprint density at radius 2 is 2.37 bits per heavy atom. The van der Waals surface area contributed by atoms with E-state index in [0.29, 0.717) is 17.1 Å². The second-order valence-electron chi connectivity index (χ2n) is 3.41. The maximum atomic E-state index is 11.8. The summed E-state index contributed by atoms with van der Waals surface area (Å²) in [6, 6.07) is 3.28. The van der Waals surface area contributed by atoms with Gasteiger partial charge in [0.15, 0.2) is 0 Å². The quantitative estimate of drug-likeness (QED) is 0.813. The number of nitrogens with zero attached hydrogens (tertiary/aromatic N) is 3. The van der Waals surface area contributed by atoms with Gasteiger partial charge in [0.2, 0.25) is 5.13 Å². The third-order valence-electron chi connectivity index (χ3n) is 2.05. The van der Waals surface area contributed by atoms with Crippen molar-refractivity contribution in [2.75, 3.05) is 11.9 Å². The number of carbonyl (C=O) groups excluding carboxylic acids is 1. The molecule has 0 unspecified atom stereocenters. The number of nitrogens with one attached hydrogen (secondary N) is 1. The smallest absolute Gasteiger partial charge is 0.276 e. The third kappa shape index (κ3) is 3.84. The first-order valence-corrected chi connectivity index (χ1v) is 6.31. The molecular formula is C12H10N4O2S. The highest BCUT2D eigenvalue weighted by atomic mass is 32.1. The molecule has 2 N–H and O–H groups in total. The Morgan fingerprint density at radius 1 is 1.47 bits per heavy atom. The molecule has 0 atom stereocenters.